The Morgan fingerprint density at radius 2 is 1.04 bits per heavy atom. The third-order valence-corrected chi connectivity index (χ3v) is 14.1. The summed E-state index contributed by atoms with van der Waals surface area (Å²) in [5.41, 5.74) is 3.94. The van der Waals surface area contributed by atoms with E-state index in [-0.39, 0.29) is 46.7 Å². The normalized spacial score (nSPS) is 12.7. The SMILES string of the molecule is [2H]c1c([2H])c(-c2nc(Cl)nc(-c3ccccc3-c3cccc4oc5ccccc5c34)n2)c([2H])c([Si](c2ccccc2)(c2ccccc2)c2ccccc2)c1[2H]. The van der Waals surface area contributed by atoms with Crippen LogP contribution in [0, 0.1) is 0 Å². The molecule has 6 heteroatoms. The third-order valence-electron chi connectivity index (χ3n) is 9.31. The molecule has 9 aromatic rings. The molecule has 0 bridgehead atoms. The van der Waals surface area contributed by atoms with Gasteiger partial charge < -0.3 is 4.42 Å². The molecule has 0 unspecified atom stereocenters. The van der Waals surface area contributed by atoms with E-state index in [2.05, 4.69) is 9.97 Å². The number of hydrogen-bond acceptors (Lipinski definition) is 4. The molecule has 0 atom stereocenters. The van der Waals surface area contributed by atoms with Gasteiger partial charge in [0, 0.05) is 21.9 Å². The zero-order valence-electron chi connectivity index (χ0n) is 31.1. The van der Waals surface area contributed by atoms with Gasteiger partial charge in [-0.1, -0.05) is 170 Å². The number of furan rings is 1. The van der Waals surface area contributed by atoms with Crippen molar-refractivity contribution < 1.29 is 9.90 Å². The maximum atomic E-state index is 10.00. The highest BCUT2D eigenvalue weighted by molar-refractivity contribution is 7.19. The molecule has 2 heterocycles. The largest absolute Gasteiger partial charge is 0.456 e. The van der Waals surface area contributed by atoms with Gasteiger partial charge in [0.05, 0.1) is 5.48 Å². The molecule has 0 N–H and O–H groups in total. The Kier molecular flexibility index (Phi) is 6.78. The first-order valence-corrected chi connectivity index (χ1v) is 18.9. The second-order valence-corrected chi connectivity index (χ2v) is 16.2. The average Bonchev–Trinajstić information content (AvgIpc) is 3.62. The predicted molar refractivity (Wildman–Crippen MR) is 212 cm³/mol. The summed E-state index contributed by atoms with van der Waals surface area (Å²) in [4.78, 5) is 14.0. The molecule has 0 spiro atoms. The number of para-hydroxylation sites is 1. The summed E-state index contributed by atoms with van der Waals surface area (Å²) in [6, 6.07) is 50.4. The predicted octanol–water partition coefficient (Wildman–Crippen LogP) is 8.80. The van der Waals surface area contributed by atoms with Gasteiger partial charge in [-0.05, 0) is 55.6 Å². The average molecular weight is 696 g/mol. The van der Waals surface area contributed by atoms with Gasteiger partial charge in [-0.25, -0.2) is 4.98 Å². The summed E-state index contributed by atoms with van der Waals surface area (Å²) in [6.07, 6.45) is 0. The molecule has 9 rings (SSSR count). The molecule has 0 aliphatic carbocycles. The van der Waals surface area contributed by atoms with Crippen molar-refractivity contribution in [3.05, 3.63) is 187 Å². The molecular formula is C45H30ClN3OSi. The van der Waals surface area contributed by atoms with E-state index in [1.807, 2.05) is 158 Å². The van der Waals surface area contributed by atoms with Gasteiger partial charge in [0.1, 0.15) is 11.2 Å². The molecule has 4 nitrogen and oxygen atoms in total. The van der Waals surface area contributed by atoms with E-state index in [9.17, 15) is 5.48 Å². The van der Waals surface area contributed by atoms with Crippen molar-refractivity contribution in [1.29, 1.82) is 0 Å². The zero-order chi connectivity index (χ0) is 37.7. The van der Waals surface area contributed by atoms with Crippen LogP contribution < -0.4 is 20.7 Å². The Balaban J connectivity index is 1.31. The molecule has 51 heavy (non-hydrogen) atoms. The van der Waals surface area contributed by atoms with Crippen molar-refractivity contribution >= 4 is 62.4 Å². The molecule has 0 radical (unpaired) electrons. The number of benzene rings is 7. The quantitative estimate of drug-likeness (QED) is 0.124. The Hall–Kier alpha value is -6.14. The van der Waals surface area contributed by atoms with Crippen LogP contribution in [-0.2, 0) is 0 Å². The van der Waals surface area contributed by atoms with Crippen LogP contribution in [-0.4, -0.2) is 23.0 Å². The van der Waals surface area contributed by atoms with Crippen molar-refractivity contribution in [3.63, 3.8) is 0 Å². The Morgan fingerprint density at radius 3 is 1.73 bits per heavy atom. The lowest BCUT2D eigenvalue weighted by atomic mass is 9.95. The minimum absolute atomic E-state index is 0.0152. The highest BCUT2D eigenvalue weighted by Gasteiger charge is 2.41. The fraction of sp³-hybridized carbons (Fsp3) is 0. The zero-order valence-corrected chi connectivity index (χ0v) is 28.9. The number of hydrogen-bond donors (Lipinski definition) is 0. The van der Waals surface area contributed by atoms with Crippen LogP contribution in [0.5, 0.6) is 0 Å². The highest BCUT2D eigenvalue weighted by atomic mass is 35.5. The highest BCUT2D eigenvalue weighted by Crippen LogP contribution is 2.40. The van der Waals surface area contributed by atoms with E-state index in [0.717, 1.165) is 48.6 Å². The fourth-order valence-corrected chi connectivity index (χ4v) is 11.8. The molecule has 0 saturated carbocycles. The van der Waals surface area contributed by atoms with Gasteiger partial charge in [0.25, 0.3) is 0 Å². The van der Waals surface area contributed by atoms with Crippen LogP contribution in [0.4, 0.5) is 0 Å². The van der Waals surface area contributed by atoms with Crippen LogP contribution in [0.25, 0.3) is 55.8 Å². The van der Waals surface area contributed by atoms with Gasteiger partial charge in [-0.15, -0.1) is 0 Å². The Bertz CT molecular complexity index is 2800. The lowest BCUT2D eigenvalue weighted by molar-refractivity contribution is 0.669. The second kappa shape index (κ2) is 13.0. The molecule has 2 aromatic heterocycles. The summed E-state index contributed by atoms with van der Waals surface area (Å²) < 4.78 is 44.2. The second-order valence-electron chi connectivity index (χ2n) is 12.2. The van der Waals surface area contributed by atoms with Crippen LogP contribution in [0.15, 0.2) is 186 Å². The number of aromatic nitrogens is 3. The standard InChI is InChI=1S/C45H30ClN3OSi/c46-45-48-43(47-44(49-45)38-25-11-10-24-36(38)37-27-15-29-41-42(37)39-26-12-13-28-40(39)50-41)31-16-14-23-35(30-31)51(32-17-4-1-5-18-32,33-19-6-2-7-20-33)34-21-8-3-9-22-34/h1-30H/i14D,16D,23D,30D. The van der Waals surface area contributed by atoms with Crippen molar-refractivity contribution in [1.82, 2.24) is 15.0 Å². The van der Waals surface area contributed by atoms with Crippen LogP contribution >= 0.6 is 11.6 Å². The smallest absolute Gasteiger partial charge is 0.226 e. The Morgan fingerprint density at radius 1 is 0.490 bits per heavy atom. The number of nitrogens with zero attached hydrogens (tertiary/aromatic N) is 3. The fourth-order valence-electron chi connectivity index (χ4n) is 7.13. The Labute approximate surface area is 307 Å². The minimum Gasteiger partial charge on any atom is -0.456 e. The van der Waals surface area contributed by atoms with E-state index >= 15 is 0 Å². The minimum atomic E-state index is -3.49. The van der Waals surface area contributed by atoms with E-state index in [0.29, 0.717) is 10.8 Å². The maximum absolute atomic E-state index is 10.00. The maximum Gasteiger partial charge on any atom is 0.226 e. The van der Waals surface area contributed by atoms with Crippen LogP contribution in [0.3, 0.4) is 0 Å². The van der Waals surface area contributed by atoms with Crippen molar-refractivity contribution in [3.8, 4) is 33.9 Å². The number of fused-ring (bicyclic) bond motifs is 3. The van der Waals surface area contributed by atoms with Gasteiger partial charge in [-0.2, -0.15) is 9.97 Å². The molecule has 0 amide bonds. The summed E-state index contributed by atoms with van der Waals surface area (Å²) in [7, 11) is -3.49. The molecule has 0 fully saturated rings. The van der Waals surface area contributed by atoms with Crippen LogP contribution in [0.1, 0.15) is 5.48 Å². The first kappa shape index (κ1) is 26.7. The topological polar surface area (TPSA) is 51.8 Å². The van der Waals surface area contributed by atoms with E-state index < -0.39 is 8.07 Å². The summed E-state index contributed by atoms with van der Waals surface area (Å²) >= 11 is 6.72. The first-order valence-electron chi connectivity index (χ1n) is 18.6. The molecule has 242 valence electrons. The van der Waals surface area contributed by atoms with Gasteiger partial charge in [0.15, 0.2) is 19.7 Å². The lowest BCUT2D eigenvalue weighted by Gasteiger charge is -2.34. The molecule has 7 aromatic carbocycles. The molecule has 0 saturated heterocycles. The number of halogens is 1. The van der Waals surface area contributed by atoms with E-state index in [1.54, 1.807) is 0 Å². The number of rotatable bonds is 7. The third kappa shape index (κ3) is 5.35. The first-order chi connectivity index (χ1) is 26.9. The van der Waals surface area contributed by atoms with Crippen molar-refractivity contribution in [2.75, 3.05) is 0 Å². The van der Waals surface area contributed by atoms with Gasteiger partial charge in [0.2, 0.25) is 5.28 Å². The van der Waals surface area contributed by atoms with Crippen LogP contribution in [0.2, 0.25) is 5.28 Å². The summed E-state index contributed by atoms with van der Waals surface area (Å²) in [6.45, 7) is 0. The molecule has 0 aliphatic heterocycles. The molecule has 0 aliphatic rings. The van der Waals surface area contributed by atoms with Gasteiger partial charge >= 0.3 is 0 Å². The van der Waals surface area contributed by atoms with E-state index in [4.69, 9.17) is 21.0 Å². The summed E-state index contributed by atoms with van der Waals surface area (Å²) in [5.74, 6) is 0.230. The summed E-state index contributed by atoms with van der Waals surface area (Å²) in [5, 5.41) is 4.96. The lowest BCUT2D eigenvalue weighted by Crippen LogP contribution is -2.74. The monoisotopic (exact) mass is 695 g/mol. The van der Waals surface area contributed by atoms with Gasteiger partial charge in [-0.3, -0.25) is 0 Å². The van der Waals surface area contributed by atoms with Crippen molar-refractivity contribution in [2.24, 2.45) is 0 Å². The van der Waals surface area contributed by atoms with Crippen molar-refractivity contribution in [2.45, 2.75) is 0 Å². The van der Waals surface area contributed by atoms with E-state index in [1.165, 1.54) is 0 Å². The molecular weight excluding hydrogens is 662 g/mol.